The zero-order valence-corrected chi connectivity index (χ0v) is 28.0. The Balaban J connectivity index is 3.95. The third-order valence-electron chi connectivity index (χ3n) is 6.03. The maximum absolute atomic E-state index is 11.8. The molecule has 0 radical (unpaired) electrons. The topological polar surface area (TPSA) is 98.8 Å². The lowest BCUT2D eigenvalue weighted by atomic mass is 10.2. The van der Waals surface area contributed by atoms with E-state index in [4.69, 9.17) is 33.2 Å². The molecule has 0 aliphatic carbocycles. The van der Waals surface area contributed by atoms with Crippen molar-refractivity contribution < 1.29 is 42.7 Å². The van der Waals surface area contributed by atoms with Crippen molar-refractivity contribution in [2.75, 3.05) is 39.6 Å². The largest absolute Gasteiger partial charge is 0.453 e. The first-order valence-electron chi connectivity index (χ1n) is 16.0. The van der Waals surface area contributed by atoms with Gasteiger partial charge in [-0.05, 0) is 54.4 Å². The van der Waals surface area contributed by atoms with E-state index in [-0.39, 0.29) is 49.8 Å². The molecule has 0 N–H and O–H groups in total. The minimum atomic E-state index is -0.519. The lowest BCUT2D eigenvalue weighted by Crippen LogP contribution is -2.30. The zero-order valence-electron chi connectivity index (χ0n) is 28.0. The molecule has 0 aliphatic rings. The van der Waals surface area contributed by atoms with E-state index in [1.54, 1.807) is 6.92 Å². The Hall–Kier alpha value is -2.14. The average Bonchev–Trinajstić information content (AvgIpc) is 2.98. The molecule has 0 aromatic carbocycles. The molecule has 0 saturated carbocycles. The van der Waals surface area contributed by atoms with Crippen LogP contribution in [0.3, 0.4) is 0 Å². The molecule has 9 nitrogen and oxygen atoms in total. The van der Waals surface area contributed by atoms with Crippen LogP contribution >= 0.6 is 0 Å². The lowest BCUT2D eigenvalue weighted by Gasteiger charge is -2.22. The van der Waals surface area contributed by atoms with Crippen molar-refractivity contribution in [2.45, 2.75) is 143 Å². The van der Waals surface area contributed by atoms with Gasteiger partial charge in [-0.2, -0.15) is 0 Å². The van der Waals surface area contributed by atoms with Crippen molar-refractivity contribution in [3.8, 4) is 23.7 Å². The first-order chi connectivity index (χ1) is 20.6. The minimum absolute atomic E-state index is 0.123. The average molecular weight is 611 g/mol. The van der Waals surface area contributed by atoms with Crippen LogP contribution in [0.4, 0.5) is 0 Å². The first kappa shape index (κ1) is 40.9. The molecule has 6 unspecified atom stereocenters. The third-order valence-corrected chi connectivity index (χ3v) is 6.03. The Kier molecular flexibility index (Phi) is 26.0. The monoisotopic (exact) mass is 610 g/mol. The molecule has 0 bridgehead atoms. The van der Waals surface area contributed by atoms with Gasteiger partial charge in [0, 0.05) is 24.7 Å². The Bertz CT molecular complexity index is 838. The van der Waals surface area contributed by atoms with E-state index >= 15 is 0 Å². The molecule has 0 saturated heterocycles. The van der Waals surface area contributed by atoms with Gasteiger partial charge in [0.2, 0.25) is 0 Å². The number of rotatable bonds is 24. The van der Waals surface area contributed by atoms with Crippen LogP contribution in [0, 0.1) is 23.7 Å². The summed E-state index contributed by atoms with van der Waals surface area (Å²) in [5.74, 6) is 9.70. The Morgan fingerprint density at radius 3 is 1.23 bits per heavy atom. The van der Waals surface area contributed by atoms with E-state index in [0.717, 1.165) is 38.5 Å². The van der Waals surface area contributed by atoms with E-state index in [9.17, 15) is 9.59 Å². The zero-order chi connectivity index (χ0) is 32.3. The van der Waals surface area contributed by atoms with E-state index < -0.39 is 11.9 Å². The van der Waals surface area contributed by atoms with Gasteiger partial charge in [-0.15, -0.1) is 0 Å². The molecular formula is C34H58O9. The van der Waals surface area contributed by atoms with E-state index in [1.165, 1.54) is 0 Å². The number of carbonyl (C=O) groups is 2. The molecule has 43 heavy (non-hydrogen) atoms. The summed E-state index contributed by atoms with van der Waals surface area (Å²) in [6.07, 6.45) is 6.68. The van der Waals surface area contributed by atoms with Crippen molar-refractivity contribution in [2.24, 2.45) is 0 Å². The third kappa shape index (κ3) is 27.2. The summed E-state index contributed by atoms with van der Waals surface area (Å²) in [6, 6.07) is 0. The fourth-order valence-electron chi connectivity index (χ4n) is 3.41. The van der Waals surface area contributed by atoms with Crippen LogP contribution in [0.1, 0.15) is 107 Å². The van der Waals surface area contributed by atoms with Crippen LogP contribution in [-0.4, -0.2) is 88.2 Å². The number of hydrogen-bond donors (Lipinski definition) is 0. The van der Waals surface area contributed by atoms with Crippen LogP contribution in [-0.2, 0) is 42.7 Å². The van der Waals surface area contributed by atoms with Crippen LogP contribution in [0.5, 0.6) is 0 Å². The van der Waals surface area contributed by atoms with Crippen LogP contribution < -0.4 is 0 Å². The molecule has 9 heteroatoms. The fourth-order valence-corrected chi connectivity index (χ4v) is 3.41. The van der Waals surface area contributed by atoms with Crippen LogP contribution in [0.25, 0.3) is 0 Å². The van der Waals surface area contributed by atoms with Crippen molar-refractivity contribution in [1.82, 2.24) is 0 Å². The maximum atomic E-state index is 11.8. The number of carbonyl (C=O) groups excluding carboxylic acids is 2. The molecule has 0 rings (SSSR count). The highest BCUT2D eigenvalue weighted by Crippen LogP contribution is 2.05. The molecule has 0 amide bonds. The SMILES string of the molecule is CCCCCC#CC(=O)OCC(C)OCC(C)OCC(C)OCC(C)OCC(C)OCC(C)OC(=O)C#CCCCCC. The molecule has 0 aliphatic heterocycles. The van der Waals surface area contributed by atoms with Crippen molar-refractivity contribution >= 4 is 11.9 Å². The van der Waals surface area contributed by atoms with Crippen molar-refractivity contribution in [3.63, 3.8) is 0 Å². The highest BCUT2D eigenvalue weighted by atomic mass is 16.6. The fraction of sp³-hybridized carbons (Fsp3) is 0.824. The minimum Gasteiger partial charge on any atom is -0.453 e. The maximum Gasteiger partial charge on any atom is 0.384 e. The molecule has 0 aromatic heterocycles. The Morgan fingerprint density at radius 1 is 0.488 bits per heavy atom. The Labute approximate surface area is 261 Å². The van der Waals surface area contributed by atoms with Gasteiger partial charge in [0.25, 0.3) is 0 Å². The second kappa shape index (κ2) is 27.4. The van der Waals surface area contributed by atoms with Gasteiger partial charge in [-0.3, -0.25) is 0 Å². The number of ether oxygens (including phenoxy) is 7. The highest BCUT2D eigenvalue weighted by molar-refractivity contribution is 5.88. The molecule has 0 spiro atoms. The summed E-state index contributed by atoms with van der Waals surface area (Å²) in [6.45, 7) is 17.6. The molecule has 248 valence electrons. The molecule has 0 fully saturated rings. The van der Waals surface area contributed by atoms with Gasteiger partial charge in [0.05, 0.1) is 63.6 Å². The highest BCUT2D eigenvalue weighted by Gasteiger charge is 2.14. The lowest BCUT2D eigenvalue weighted by molar-refractivity contribution is -0.146. The summed E-state index contributed by atoms with van der Waals surface area (Å²) in [4.78, 5) is 23.5. The first-order valence-corrected chi connectivity index (χ1v) is 16.0. The predicted octanol–water partition coefficient (Wildman–Crippen LogP) is 5.65. The van der Waals surface area contributed by atoms with E-state index in [2.05, 4.69) is 37.5 Å². The number of unbranched alkanes of at least 4 members (excludes halogenated alkanes) is 6. The predicted molar refractivity (Wildman–Crippen MR) is 167 cm³/mol. The van der Waals surface area contributed by atoms with Gasteiger partial charge >= 0.3 is 11.9 Å². The summed E-state index contributed by atoms with van der Waals surface area (Å²) < 4.78 is 39.4. The van der Waals surface area contributed by atoms with Crippen LogP contribution in [0.15, 0.2) is 0 Å². The molecule has 6 atom stereocenters. The second-order valence-electron chi connectivity index (χ2n) is 11.1. The number of esters is 2. The van der Waals surface area contributed by atoms with Gasteiger partial charge in [0.1, 0.15) is 12.7 Å². The van der Waals surface area contributed by atoms with Crippen LogP contribution in [0.2, 0.25) is 0 Å². The summed E-state index contributed by atoms with van der Waals surface area (Å²) in [5, 5.41) is 0. The molecular weight excluding hydrogens is 552 g/mol. The second-order valence-corrected chi connectivity index (χ2v) is 11.1. The summed E-state index contributed by atoms with van der Waals surface area (Å²) in [7, 11) is 0. The van der Waals surface area contributed by atoms with Gasteiger partial charge in [0.15, 0.2) is 0 Å². The van der Waals surface area contributed by atoms with Gasteiger partial charge in [-0.25, -0.2) is 9.59 Å². The van der Waals surface area contributed by atoms with Crippen molar-refractivity contribution in [3.05, 3.63) is 0 Å². The van der Waals surface area contributed by atoms with Gasteiger partial charge in [-0.1, -0.05) is 51.4 Å². The Morgan fingerprint density at radius 2 is 0.837 bits per heavy atom. The smallest absolute Gasteiger partial charge is 0.384 e. The molecule has 0 aromatic rings. The van der Waals surface area contributed by atoms with E-state index in [1.807, 2.05) is 34.6 Å². The summed E-state index contributed by atoms with van der Waals surface area (Å²) in [5.41, 5.74) is 0. The standard InChI is InChI=1S/C34H58O9/c1-9-11-13-15-17-19-33(35)42-25-31(7)40-23-29(5)38-21-27(3)37-22-28(4)39-24-30(6)41-26-32(8)43-34(36)20-18-16-14-12-10-2/h27-32H,9-16,21-26H2,1-8H3. The molecule has 0 heterocycles. The summed E-state index contributed by atoms with van der Waals surface area (Å²) >= 11 is 0. The van der Waals surface area contributed by atoms with Crippen molar-refractivity contribution in [1.29, 1.82) is 0 Å². The van der Waals surface area contributed by atoms with Gasteiger partial charge < -0.3 is 33.2 Å². The number of hydrogen-bond acceptors (Lipinski definition) is 9. The quantitative estimate of drug-likeness (QED) is 0.0594. The van der Waals surface area contributed by atoms with E-state index in [0.29, 0.717) is 39.3 Å². The normalized spacial score (nSPS) is 15.1.